The number of amides is 1. The number of anilines is 1. The summed E-state index contributed by atoms with van der Waals surface area (Å²) in [6, 6.07) is 7.13. The molecule has 0 spiro atoms. The second-order valence-electron chi connectivity index (χ2n) is 4.54. The van der Waals surface area contributed by atoms with E-state index in [9.17, 15) is 4.79 Å². The molecule has 0 aliphatic heterocycles. The highest BCUT2D eigenvalue weighted by Crippen LogP contribution is 2.01. The molecule has 2 N–H and O–H groups in total. The number of pyridine rings is 1. The van der Waals surface area contributed by atoms with Gasteiger partial charge in [-0.2, -0.15) is 0 Å². The van der Waals surface area contributed by atoms with Crippen LogP contribution in [0.4, 0.5) is 5.95 Å². The van der Waals surface area contributed by atoms with E-state index in [1.807, 2.05) is 18.2 Å². The van der Waals surface area contributed by atoms with Crippen LogP contribution in [0.5, 0.6) is 0 Å². The van der Waals surface area contributed by atoms with Gasteiger partial charge < -0.3 is 15.4 Å². The zero-order valence-electron chi connectivity index (χ0n) is 12.5. The van der Waals surface area contributed by atoms with Crippen molar-refractivity contribution in [1.29, 1.82) is 0 Å². The van der Waals surface area contributed by atoms with Gasteiger partial charge in [0, 0.05) is 32.7 Å². The van der Waals surface area contributed by atoms with Crippen molar-refractivity contribution in [3.05, 3.63) is 48.0 Å². The van der Waals surface area contributed by atoms with E-state index < -0.39 is 0 Å². The first-order valence-electron chi connectivity index (χ1n) is 7.03. The van der Waals surface area contributed by atoms with E-state index in [4.69, 9.17) is 4.74 Å². The second-order valence-corrected chi connectivity index (χ2v) is 4.54. The highest BCUT2D eigenvalue weighted by atomic mass is 16.5. The fraction of sp³-hybridized carbons (Fsp3) is 0.333. The third-order valence-electron chi connectivity index (χ3n) is 2.85. The van der Waals surface area contributed by atoms with Crippen LogP contribution in [0.2, 0.25) is 0 Å². The summed E-state index contributed by atoms with van der Waals surface area (Å²) in [7, 11) is 1.66. The Hall–Kier alpha value is -2.54. The molecule has 0 atom stereocenters. The molecule has 0 unspecified atom stereocenters. The maximum Gasteiger partial charge on any atom is 0.270 e. The van der Waals surface area contributed by atoms with Crippen LogP contribution in [0.3, 0.4) is 0 Å². The van der Waals surface area contributed by atoms with Gasteiger partial charge in [-0.15, -0.1) is 0 Å². The average Bonchev–Trinajstić information content (AvgIpc) is 2.58. The molecule has 2 aromatic rings. The molecule has 22 heavy (non-hydrogen) atoms. The maximum absolute atomic E-state index is 12.1. The highest BCUT2D eigenvalue weighted by molar-refractivity contribution is 5.92. The van der Waals surface area contributed by atoms with Gasteiger partial charge in [0.15, 0.2) is 0 Å². The summed E-state index contributed by atoms with van der Waals surface area (Å²) in [5.41, 5.74) is 1.11. The normalized spacial score (nSPS) is 10.2. The number of hydrogen-bond donors (Lipinski definition) is 2. The Bertz CT molecular complexity index is 591. The minimum atomic E-state index is -0.256. The summed E-state index contributed by atoms with van der Waals surface area (Å²) in [4.78, 5) is 24.5. The van der Waals surface area contributed by atoms with Gasteiger partial charge in [-0.3, -0.25) is 9.78 Å². The SMILES string of the molecule is COCCCNc1nccc(C(=O)NCc2ccccn2)n1. The van der Waals surface area contributed by atoms with Gasteiger partial charge in [-0.05, 0) is 24.6 Å². The quantitative estimate of drug-likeness (QED) is 0.713. The average molecular weight is 301 g/mol. The Morgan fingerprint density at radius 2 is 2.14 bits per heavy atom. The lowest BCUT2D eigenvalue weighted by Crippen LogP contribution is -2.24. The van der Waals surface area contributed by atoms with Crippen LogP contribution in [-0.2, 0) is 11.3 Å². The Morgan fingerprint density at radius 3 is 2.91 bits per heavy atom. The zero-order valence-corrected chi connectivity index (χ0v) is 12.5. The molecule has 2 heterocycles. The van der Waals surface area contributed by atoms with Crippen molar-refractivity contribution in [3.8, 4) is 0 Å². The number of nitrogens with zero attached hydrogens (tertiary/aromatic N) is 3. The lowest BCUT2D eigenvalue weighted by Gasteiger charge is -2.07. The first-order valence-corrected chi connectivity index (χ1v) is 7.03. The van der Waals surface area contributed by atoms with E-state index in [1.165, 1.54) is 0 Å². The second kappa shape index (κ2) is 8.68. The van der Waals surface area contributed by atoms with Gasteiger partial charge in [0.25, 0.3) is 5.91 Å². The molecule has 0 saturated heterocycles. The van der Waals surface area contributed by atoms with Crippen LogP contribution >= 0.6 is 0 Å². The zero-order chi connectivity index (χ0) is 15.6. The van der Waals surface area contributed by atoms with Gasteiger partial charge in [-0.25, -0.2) is 9.97 Å². The van der Waals surface area contributed by atoms with Gasteiger partial charge in [0.1, 0.15) is 5.69 Å². The van der Waals surface area contributed by atoms with Crippen LogP contribution in [-0.4, -0.2) is 41.1 Å². The first-order chi connectivity index (χ1) is 10.8. The van der Waals surface area contributed by atoms with Crippen LogP contribution in [0.15, 0.2) is 36.7 Å². The largest absolute Gasteiger partial charge is 0.385 e. The lowest BCUT2D eigenvalue weighted by atomic mass is 10.3. The minimum absolute atomic E-state index is 0.256. The van der Waals surface area contributed by atoms with E-state index in [1.54, 1.807) is 25.6 Å². The Balaban J connectivity index is 1.86. The monoisotopic (exact) mass is 301 g/mol. The summed E-state index contributed by atoms with van der Waals surface area (Å²) in [6.07, 6.45) is 4.09. The minimum Gasteiger partial charge on any atom is -0.385 e. The molecular weight excluding hydrogens is 282 g/mol. The van der Waals surface area contributed by atoms with Crippen LogP contribution < -0.4 is 10.6 Å². The number of ether oxygens (including phenoxy) is 1. The first kappa shape index (κ1) is 15.8. The number of aromatic nitrogens is 3. The van der Waals surface area contributed by atoms with E-state index >= 15 is 0 Å². The number of nitrogens with one attached hydrogen (secondary N) is 2. The fourth-order valence-corrected chi connectivity index (χ4v) is 1.75. The maximum atomic E-state index is 12.1. The van der Waals surface area contributed by atoms with Gasteiger partial charge >= 0.3 is 0 Å². The van der Waals surface area contributed by atoms with Gasteiger partial charge in [0.05, 0.1) is 12.2 Å². The number of hydrogen-bond acceptors (Lipinski definition) is 6. The predicted octanol–water partition coefficient (Wildman–Crippen LogP) is 1.25. The molecule has 0 fully saturated rings. The molecule has 1 amide bonds. The number of carbonyl (C=O) groups is 1. The van der Waals surface area contributed by atoms with Crippen LogP contribution in [0.25, 0.3) is 0 Å². The van der Waals surface area contributed by atoms with Gasteiger partial charge in [-0.1, -0.05) is 6.07 Å². The smallest absolute Gasteiger partial charge is 0.270 e. The Labute approximate surface area is 129 Å². The van der Waals surface area contributed by atoms with Gasteiger partial charge in [0.2, 0.25) is 5.95 Å². The molecule has 0 radical (unpaired) electrons. The highest BCUT2D eigenvalue weighted by Gasteiger charge is 2.08. The van der Waals surface area contributed by atoms with E-state index in [2.05, 4.69) is 25.6 Å². The topological polar surface area (TPSA) is 89.0 Å². The van der Waals surface area contributed by atoms with Crippen molar-refractivity contribution in [2.75, 3.05) is 25.6 Å². The molecule has 2 aromatic heterocycles. The summed E-state index contributed by atoms with van der Waals surface area (Å²) in [5, 5.41) is 5.83. The summed E-state index contributed by atoms with van der Waals surface area (Å²) in [6.45, 7) is 1.71. The standard InChI is InChI=1S/C15H19N5O2/c1-22-10-4-8-17-15-18-9-6-13(20-15)14(21)19-11-12-5-2-3-7-16-12/h2-3,5-7,9H,4,8,10-11H2,1H3,(H,19,21)(H,17,18,20). The van der Waals surface area contributed by atoms with Crippen molar-refractivity contribution < 1.29 is 9.53 Å². The Kier molecular flexibility index (Phi) is 6.25. The molecular formula is C15H19N5O2. The molecule has 0 bridgehead atoms. The molecule has 2 rings (SSSR count). The summed E-state index contributed by atoms with van der Waals surface area (Å²) >= 11 is 0. The molecule has 0 saturated carbocycles. The fourth-order valence-electron chi connectivity index (χ4n) is 1.75. The summed E-state index contributed by atoms with van der Waals surface area (Å²) < 4.78 is 4.96. The number of rotatable bonds is 8. The molecule has 0 aromatic carbocycles. The third kappa shape index (κ3) is 5.10. The van der Waals surface area contributed by atoms with Crippen molar-refractivity contribution in [3.63, 3.8) is 0 Å². The molecule has 7 nitrogen and oxygen atoms in total. The molecule has 0 aliphatic rings. The van der Waals surface area contributed by atoms with Crippen LogP contribution in [0.1, 0.15) is 22.6 Å². The molecule has 7 heteroatoms. The van der Waals surface area contributed by atoms with Crippen LogP contribution in [0, 0.1) is 0 Å². The number of carbonyl (C=O) groups excluding carboxylic acids is 1. The molecule has 116 valence electrons. The number of methoxy groups -OCH3 is 1. The lowest BCUT2D eigenvalue weighted by molar-refractivity contribution is 0.0945. The molecule has 0 aliphatic carbocycles. The predicted molar refractivity (Wildman–Crippen MR) is 82.4 cm³/mol. The Morgan fingerprint density at radius 1 is 1.23 bits per heavy atom. The van der Waals surface area contributed by atoms with Crippen molar-refractivity contribution in [2.45, 2.75) is 13.0 Å². The summed E-state index contributed by atoms with van der Waals surface area (Å²) in [5.74, 6) is 0.176. The van der Waals surface area contributed by atoms with Crippen molar-refractivity contribution >= 4 is 11.9 Å². The van der Waals surface area contributed by atoms with E-state index in [-0.39, 0.29) is 5.91 Å². The van der Waals surface area contributed by atoms with E-state index in [0.29, 0.717) is 31.3 Å². The van der Waals surface area contributed by atoms with Crippen molar-refractivity contribution in [2.24, 2.45) is 0 Å². The van der Waals surface area contributed by atoms with Crippen molar-refractivity contribution in [1.82, 2.24) is 20.3 Å². The van der Waals surface area contributed by atoms with E-state index in [0.717, 1.165) is 12.1 Å². The third-order valence-corrected chi connectivity index (χ3v) is 2.85.